The predicted molar refractivity (Wildman–Crippen MR) is 73.6 cm³/mol. The van der Waals surface area contributed by atoms with Crippen molar-refractivity contribution >= 4 is 11.8 Å². The average molecular weight is 254 g/mol. The van der Waals surface area contributed by atoms with E-state index in [9.17, 15) is 5.11 Å². The van der Waals surface area contributed by atoms with E-state index in [2.05, 4.69) is 38.1 Å². The van der Waals surface area contributed by atoms with Crippen molar-refractivity contribution in [3.8, 4) is 0 Å². The van der Waals surface area contributed by atoms with Gasteiger partial charge in [-0.3, -0.25) is 0 Å². The molecule has 0 aliphatic carbocycles. The van der Waals surface area contributed by atoms with Crippen LogP contribution in [-0.2, 0) is 0 Å². The SMILES string of the molecule is CCSc1ccc(C(CC)CC(O)CO)cc1. The zero-order chi connectivity index (χ0) is 12.7. The Hall–Kier alpha value is -0.510. The van der Waals surface area contributed by atoms with Crippen LogP contribution in [0.2, 0.25) is 0 Å². The summed E-state index contributed by atoms with van der Waals surface area (Å²) >= 11 is 1.83. The molecule has 0 spiro atoms. The van der Waals surface area contributed by atoms with E-state index in [0.29, 0.717) is 12.3 Å². The zero-order valence-corrected chi connectivity index (χ0v) is 11.4. The second-order valence-electron chi connectivity index (χ2n) is 4.18. The number of aliphatic hydroxyl groups is 2. The summed E-state index contributed by atoms with van der Waals surface area (Å²) in [6.07, 6.45) is 1.01. The molecule has 0 bridgehead atoms. The van der Waals surface area contributed by atoms with Crippen LogP contribution >= 0.6 is 11.8 Å². The highest BCUT2D eigenvalue weighted by atomic mass is 32.2. The molecule has 0 saturated carbocycles. The first-order valence-electron chi connectivity index (χ1n) is 6.22. The van der Waals surface area contributed by atoms with E-state index in [0.717, 1.165) is 12.2 Å². The molecule has 2 unspecified atom stereocenters. The van der Waals surface area contributed by atoms with E-state index >= 15 is 0 Å². The Kier molecular flexibility index (Phi) is 6.63. The first-order valence-corrected chi connectivity index (χ1v) is 7.21. The number of aliphatic hydroxyl groups excluding tert-OH is 2. The van der Waals surface area contributed by atoms with Crippen molar-refractivity contribution in [3.05, 3.63) is 29.8 Å². The molecule has 0 fully saturated rings. The van der Waals surface area contributed by atoms with Crippen LogP contribution in [-0.4, -0.2) is 28.7 Å². The highest BCUT2D eigenvalue weighted by Crippen LogP contribution is 2.27. The highest BCUT2D eigenvalue weighted by Gasteiger charge is 2.14. The summed E-state index contributed by atoms with van der Waals surface area (Å²) in [5.41, 5.74) is 1.25. The molecule has 0 amide bonds. The number of hydrogen-bond acceptors (Lipinski definition) is 3. The highest BCUT2D eigenvalue weighted by molar-refractivity contribution is 7.99. The second kappa shape index (κ2) is 7.75. The van der Waals surface area contributed by atoms with Gasteiger partial charge < -0.3 is 10.2 Å². The van der Waals surface area contributed by atoms with Gasteiger partial charge in [0.2, 0.25) is 0 Å². The number of benzene rings is 1. The van der Waals surface area contributed by atoms with Gasteiger partial charge in [-0.2, -0.15) is 0 Å². The van der Waals surface area contributed by atoms with Gasteiger partial charge in [-0.25, -0.2) is 0 Å². The van der Waals surface area contributed by atoms with Gasteiger partial charge in [-0.05, 0) is 42.2 Å². The molecule has 1 aromatic rings. The summed E-state index contributed by atoms with van der Waals surface area (Å²) in [6, 6.07) is 8.54. The molecule has 0 aromatic heterocycles. The number of hydrogen-bond donors (Lipinski definition) is 2. The molecule has 3 heteroatoms. The largest absolute Gasteiger partial charge is 0.394 e. The molecular formula is C14H22O2S. The third-order valence-electron chi connectivity index (χ3n) is 2.92. The Labute approximate surface area is 108 Å². The Morgan fingerprint density at radius 3 is 2.29 bits per heavy atom. The Balaban J connectivity index is 2.68. The lowest BCUT2D eigenvalue weighted by Crippen LogP contribution is -2.16. The monoisotopic (exact) mass is 254 g/mol. The maximum absolute atomic E-state index is 9.51. The third-order valence-corrected chi connectivity index (χ3v) is 3.82. The van der Waals surface area contributed by atoms with E-state index < -0.39 is 6.10 Å². The minimum absolute atomic E-state index is 0.153. The van der Waals surface area contributed by atoms with Crippen LogP contribution in [0.3, 0.4) is 0 Å². The zero-order valence-electron chi connectivity index (χ0n) is 10.6. The summed E-state index contributed by atoms with van der Waals surface area (Å²) in [5, 5.41) is 18.4. The van der Waals surface area contributed by atoms with Gasteiger partial charge in [0.15, 0.2) is 0 Å². The van der Waals surface area contributed by atoms with E-state index in [1.54, 1.807) is 0 Å². The van der Waals surface area contributed by atoms with Crippen molar-refractivity contribution in [1.82, 2.24) is 0 Å². The van der Waals surface area contributed by atoms with Crippen molar-refractivity contribution in [2.45, 2.75) is 43.6 Å². The summed E-state index contributed by atoms with van der Waals surface area (Å²) in [4.78, 5) is 1.29. The third kappa shape index (κ3) is 4.70. The van der Waals surface area contributed by atoms with Crippen LogP contribution < -0.4 is 0 Å². The second-order valence-corrected chi connectivity index (χ2v) is 5.52. The van der Waals surface area contributed by atoms with Gasteiger partial charge in [0, 0.05) is 4.90 Å². The number of thioether (sulfide) groups is 1. The minimum Gasteiger partial charge on any atom is -0.394 e. The molecule has 0 heterocycles. The quantitative estimate of drug-likeness (QED) is 0.735. The van der Waals surface area contributed by atoms with Gasteiger partial charge in [0.05, 0.1) is 12.7 Å². The topological polar surface area (TPSA) is 40.5 Å². The van der Waals surface area contributed by atoms with Crippen LogP contribution in [0.1, 0.15) is 38.2 Å². The standard InChI is InChI=1S/C14H22O2S/c1-3-11(9-13(16)10-15)12-5-7-14(8-6-12)17-4-2/h5-8,11,13,15-16H,3-4,9-10H2,1-2H3. The van der Waals surface area contributed by atoms with Crippen molar-refractivity contribution in [2.75, 3.05) is 12.4 Å². The summed E-state index contributed by atoms with van der Waals surface area (Å²) in [7, 11) is 0. The van der Waals surface area contributed by atoms with Crippen LogP contribution in [0.15, 0.2) is 29.2 Å². The molecule has 0 aliphatic rings. The maximum Gasteiger partial charge on any atom is 0.0776 e. The molecule has 1 aromatic carbocycles. The summed E-state index contributed by atoms with van der Waals surface area (Å²) in [5.74, 6) is 1.41. The first kappa shape index (κ1) is 14.6. The molecule has 2 N–H and O–H groups in total. The fraction of sp³-hybridized carbons (Fsp3) is 0.571. The molecule has 2 nitrogen and oxygen atoms in total. The predicted octanol–water partition coefficient (Wildman–Crippen LogP) is 3.04. The fourth-order valence-corrected chi connectivity index (χ4v) is 2.61. The van der Waals surface area contributed by atoms with Gasteiger partial charge in [-0.1, -0.05) is 26.0 Å². The maximum atomic E-state index is 9.51. The Morgan fingerprint density at radius 1 is 1.18 bits per heavy atom. The lowest BCUT2D eigenvalue weighted by molar-refractivity contribution is 0.0817. The van der Waals surface area contributed by atoms with Gasteiger partial charge in [0.1, 0.15) is 0 Å². The van der Waals surface area contributed by atoms with E-state index in [1.165, 1.54) is 10.5 Å². The number of rotatable bonds is 7. The molecule has 96 valence electrons. The molecule has 17 heavy (non-hydrogen) atoms. The van der Waals surface area contributed by atoms with E-state index in [4.69, 9.17) is 5.11 Å². The summed E-state index contributed by atoms with van der Waals surface area (Å²) in [6.45, 7) is 4.11. The van der Waals surface area contributed by atoms with Crippen molar-refractivity contribution in [1.29, 1.82) is 0 Å². The minimum atomic E-state index is -0.607. The van der Waals surface area contributed by atoms with Crippen molar-refractivity contribution in [3.63, 3.8) is 0 Å². The van der Waals surface area contributed by atoms with Crippen molar-refractivity contribution < 1.29 is 10.2 Å². The molecule has 0 saturated heterocycles. The average Bonchev–Trinajstić information content (AvgIpc) is 2.37. The van der Waals surface area contributed by atoms with Crippen molar-refractivity contribution in [2.24, 2.45) is 0 Å². The van der Waals surface area contributed by atoms with Crippen LogP contribution in [0.5, 0.6) is 0 Å². The normalized spacial score (nSPS) is 14.6. The fourth-order valence-electron chi connectivity index (χ4n) is 1.94. The molecular weight excluding hydrogens is 232 g/mol. The van der Waals surface area contributed by atoms with Crippen LogP contribution in [0.4, 0.5) is 0 Å². The molecule has 0 aliphatic heterocycles. The molecule has 2 atom stereocenters. The van der Waals surface area contributed by atoms with Crippen LogP contribution in [0.25, 0.3) is 0 Å². The van der Waals surface area contributed by atoms with E-state index in [-0.39, 0.29) is 6.61 Å². The van der Waals surface area contributed by atoms with Gasteiger partial charge in [0.25, 0.3) is 0 Å². The summed E-state index contributed by atoms with van der Waals surface area (Å²) < 4.78 is 0. The molecule has 0 radical (unpaired) electrons. The Bertz CT molecular complexity index is 311. The lowest BCUT2D eigenvalue weighted by Gasteiger charge is -2.18. The molecule has 1 rings (SSSR count). The van der Waals surface area contributed by atoms with Gasteiger partial charge >= 0.3 is 0 Å². The van der Waals surface area contributed by atoms with Crippen LogP contribution in [0, 0.1) is 0 Å². The lowest BCUT2D eigenvalue weighted by atomic mass is 9.91. The first-order chi connectivity index (χ1) is 8.21. The van der Waals surface area contributed by atoms with E-state index in [1.807, 2.05) is 11.8 Å². The van der Waals surface area contributed by atoms with Gasteiger partial charge in [-0.15, -0.1) is 11.8 Å². The Morgan fingerprint density at radius 2 is 1.82 bits per heavy atom. The smallest absolute Gasteiger partial charge is 0.0776 e.